The molecule has 0 radical (unpaired) electrons. The van der Waals surface area contributed by atoms with Crippen LogP contribution in [0.2, 0.25) is 0 Å². The molecule has 15 heavy (non-hydrogen) atoms. The zero-order valence-corrected chi connectivity index (χ0v) is 11.8. The van der Waals surface area contributed by atoms with Gasteiger partial charge in [-0.2, -0.15) is 0 Å². The number of benzene rings is 1. The smallest absolute Gasteiger partial charge is 0.122 e. The molecule has 0 spiro atoms. The van der Waals surface area contributed by atoms with E-state index >= 15 is 0 Å². The van der Waals surface area contributed by atoms with Crippen LogP contribution < -0.4 is 5.73 Å². The first kappa shape index (κ1) is 15.2. The summed E-state index contributed by atoms with van der Waals surface area (Å²) >= 11 is 6.57. The number of hydrogen-bond donors (Lipinski definition) is 3. The van der Waals surface area contributed by atoms with Crippen molar-refractivity contribution < 1.29 is 10.2 Å². The van der Waals surface area contributed by atoms with Crippen molar-refractivity contribution in [2.75, 3.05) is 6.61 Å². The van der Waals surface area contributed by atoms with Crippen molar-refractivity contribution in [2.45, 2.75) is 12.5 Å². The van der Waals surface area contributed by atoms with E-state index in [9.17, 15) is 5.11 Å². The Bertz CT molecular complexity index is 313. The molecule has 0 aliphatic rings. The third-order valence-corrected chi connectivity index (χ3v) is 3.00. The summed E-state index contributed by atoms with van der Waals surface area (Å²) < 4.78 is 1.52. The van der Waals surface area contributed by atoms with Crippen LogP contribution in [0.15, 0.2) is 21.1 Å². The minimum Gasteiger partial charge on any atom is -0.508 e. The zero-order valence-electron chi connectivity index (χ0n) is 7.78. The summed E-state index contributed by atoms with van der Waals surface area (Å²) in [6, 6.07) is 3.03. The highest BCUT2D eigenvalue weighted by atomic mass is 79.9. The van der Waals surface area contributed by atoms with E-state index in [2.05, 4.69) is 31.9 Å². The Morgan fingerprint density at radius 1 is 1.33 bits per heavy atom. The minimum absolute atomic E-state index is 0. The number of halogens is 3. The van der Waals surface area contributed by atoms with Crippen molar-refractivity contribution in [1.29, 1.82) is 0 Å². The highest BCUT2D eigenvalue weighted by Gasteiger charge is 2.14. The molecule has 4 N–H and O–H groups in total. The van der Waals surface area contributed by atoms with Gasteiger partial charge in [0.05, 0.1) is 0 Å². The van der Waals surface area contributed by atoms with Gasteiger partial charge in [0, 0.05) is 27.2 Å². The van der Waals surface area contributed by atoms with Crippen LogP contribution in [-0.2, 0) is 0 Å². The molecule has 0 saturated carbocycles. The van der Waals surface area contributed by atoms with Gasteiger partial charge in [-0.1, -0.05) is 31.9 Å². The van der Waals surface area contributed by atoms with Crippen molar-refractivity contribution in [3.05, 3.63) is 26.6 Å². The van der Waals surface area contributed by atoms with Gasteiger partial charge in [-0.3, -0.25) is 0 Å². The monoisotopic (exact) mass is 359 g/mol. The molecule has 86 valence electrons. The molecular formula is C9H12Br2ClNO2. The van der Waals surface area contributed by atoms with E-state index in [1.165, 1.54) is 0 Å². The molecule has 1 aromatic rings. The lowest BCUT2D eigenvalue weighted by Crippen LogP contribution is -2.12. The van der Waals surface area contributed by atoms with Crippen LogP contribution >= 0.6 is 44.3 Å². The average molecular weight is 361 g/mol. The van der Waals surface area contributed by atoms with Gasteiger partial charge in [0.15, 0.2) is 0 Å². The Kier molecular flexibility index (Phi) is 6.79. The predicted octanol–water partition coefficient (Wildman–Crippen LogP) is 2.72. The SMILES string of the molecule is Cl.N[C@@H](CCO)c1c(O)cc(Br)cc1Br. The van der Waals surface area contributed by atoms with Crippen LogP contribution in [0.4, 0.5) is 0 Å². The molecule has 1 atom stereocenters. The first-order chi connectivity index (χ1) is 6.56. The molecule has 0 fully saturated rings. The van der Waals surface area contributed by atoms with Gasteiger partial charge in [-0.05, 0) is 18.6 Å². The number of aromatic hydroxyl groups is 1. The van der Waals surface area contributed by atoms with Crippen LogP contribution in [0.3, 0.4) is 0 Å². The van der Waals surface area contributed by atoms with Gasteiger partial charge < -0.3 is 15.9 Å². The molecule has 0 aromatic heterocycles. The van der Waals surface area contributed by atoms with E-state index in [4.69, 9.17) is 10.8 Å². The average Bonchev–Trinajstić information content (AvgIpc) is 2.01. The Labute approximate surface area is 111 Å². The number of rotatable bonds is 3. The van der Waals surface area contributed by atoms with Crippen LogP contribution in [0.1, 0.15) is 18.0 Å². The molecule has 0 amide bonds. The maximum absolute atomic E-state index is 9.65. The number of hydrogen-bond acceptors (Lipinski definition) is 3. The molecule has 0 aliphatic heterocycles. The number of nitrogens with two attached hydrogens (primary N) is 1. The van der Waals surface area contributed by atoms with Gasteiger partial charge in [0.2, 0.25) is 0 Å². The molecular weight excluding hydrogens is 349 g/mol. The molecule has 1 aromatic carbocycles. The fraction of sp³-hybridized carbons (Fsp3) is 0.333. The van der Waals surface area contributed by atoms with E-state index in [0.29, 0.717) is 12.0 Å². The van der Waals surface area contributed by atoms with E-state index in [-0.39, 0.29) is 30.8 Å². The number of phenolic OH excluding ortho intramolecular Hbond substituents is 1. The van der Waals surface area contributed by atoms with Crippen molar-refractivity contribution in [1.82, 2.24) is 0 Å². The molecule has 0 heterocycles. The Balaban J connectivity index is 0.00000196. The normalized spacial score (nSPS) is 12.0. The first-order valence-corrected chi connectivity index (χ1v) is 5.69. The summed E-state index contributed by atoms with van der Waals surface area (Å²) in [5, 5.41) is 18.4. The molecule has 0 bridgehead atoms. The largest absolute Gasteiger partial charge is 0.508 e. The maximum atomic E-state index is 9.65. The zero-order chi connectivity index (χ0) is 10.7. The Hall–Kier alpha value is 0.190. The lowest BCUT2D eigenvalue weighted by atomic mass is 10.0. The summed E-state index contributed by atoms with van der Waals surface area (Å²) in [5.41, 5.74) is 6.42. The first-order valence-electron chi connectivity index (χ1n) is 4.10. The highest BCUT2D eigenvalue weighted by molar-refractivity contribution is 9.11. The lowest BCUT2D eigenvalue weighted by molar-refractivity contribution is 0.275. The molecule has 0 aliphatic carbocycles. The quantitative estimate of drug-likeness (QED) is 0.776. The maximum Gasteiger partial charge on any atom is 0.122 e. The molecule has 0 saturated heterocycles. The minimum atomic E-state index is -0.359. The van der Waals surface area contributed by atoms with Gasteiger partial charge in [-0.25, -0.2) is 0 Å². The van der Waals surface area contributed by atoms with E-state index in [0.717, 1.165) is 8.95 Å². The van der Waals surface area contributed by atoms with Crippen LogP contribution in [0.25, 0.3) is 0 Å². The summed E-state index contributed by atoms with van der Waals surface area (Å²) in [4.78, 5) is 0. The number of phenols is 1. The van der Waals surface area contributed by atoms with E-state index < -0.39 is 0 Å². The lowest BCUT2D eigenvalue weighted by Gasteiger charge is -2.14. The second-order valence-electron chi connectivity index (χ2n) is 2.94. The van der Waals surface area contributed by atoms with Crippen molar-refractivity contribution in [2.24, 2.45) is 5.73 Å². The number of aliphatic hydroxyl groups excluding tert-OH is 1. The van der Waals surface area contributed by atoms with Gasteiger partial charge in [0.1, 0.15) is 5.75 Å². The summed E-state index contributed by atoms with van der Waals surface area (Å²) in [6.07, 6.45) is 0.424. The Morgan fingerprint density at radius 2 is 1.93 bits per heavy atom. The topological polar surface area (TPSA) is 66.5 Å². The number of aliphatic hydroxyl groups is 1. The Morgan fingerprint density at radius 3 is 2.40 bits per heavy atom. The third kappa shape index (κ3) is 3.92. The van der Waals surface area contributed by atoms with Gasteiger partial charge in [-0.15, -0.1) is 12.4 Å². The van der Waals surface area contributed by atoms with E-state index in [1.807, 2.05) is 6.07 Å². The summed E-state index contributed by atoms with van der Waals surface area (Å²) in [5.74, 6) is 0.132. The molecule has 0 unspecified atom stereocenters. The third-order valence-electron chi connectivity index (χ3n) is 1.88. The van der Waals surface area contributed by atoms with Crippen LogP contribution in [0.5, 0.6) is 5.75 Å². The highest BCUT2D eigenvalue weighted by Crippen LogP contribution is 2.35. The van der Waals surface area contributed by atoms with Gasteiger partial charge >= 0.3 is 0 Å². The molecule has 6 heteroatoms. The van der Waals surface area contributed by atoms with Crippen LogP contribution in [0, 0.1) is 0 Å². The molecule has 1 rings (SSSR count). The standard InChI is InChI=1S/C9H11Br2NO2.ClH/c10-5-3-6(11)9(8(14)4-5)7(12)1-2-13;/h3-4,7,13-14H,1-2,12H2;1H/t7-;/m0./s1. The van der Waals surface area contributed by atoms with Gasteiger partial charge in [0.25, 0.3) is 0 Å². The van der Waals surface area contributed by atoms with Crippen molar-refractivity contribution >= 4 is 44.3 Å². The predicted molar refractivity (Wildman–Crippen MR) is 69.4 cm³/mol. The fourth-order valence-corrected chi connectivity index (χ4v) is 2.72. The second kappa shape index (κ2) is 6.70. The van der Waals surface area contributed by atoms with Crippen LogP contribution in [-0.4, -0.2) is 16.8 Å². The fourth-order valence-electron chi connectivity index (χ4n) is 1.22. The summed E-state index contributed by atoms with van der Waals surface area (Å²) in [7, 11) is 0. The van der Waals surface area contributed by atoms with Crippen molar-refractivity contribution in [3.8, 4) is 5.75 Å². The van der Waals surface area contributed by atoms with Crippen molar-refractivity contribution in [3.63, 3.8) is 0 Å². The summed E-state index contributed by atoms with van der Waals surface area (Å²) in [6.45, 7) is 0.00309. The second-order valence-corrected chi connectivity index (χ2v) is 4.71. The van der Waals surface area contributed by atoms with E-state index in [1.54, 1.807) is 6.07 Å². The molecule has 3 nitrogen and oxygen atoms in total.